The molecule has 1 unspecified atom stereocenters. The number of carbonyl (C=O) groups is 1. The normalized spacial score (nSPS) is 16.7. The molecular formula is C20H21F4N3O3S. The van der Waals surface area contributed by atoms with Crippen LogP contribution in [0.5, 0.6) is 0 Å². The van der Waals surface area contributed by atoms with Crippen LogP contribution in [0.4, 0.5) is 22.4 Å². The van der Waals surface area contributed by atoms with Crippen molar-refractivity contribution in [2.45, 2.75) is 24.0 Å². The van der Waals surface area contributed by atoms with Crippen LogP contribution in [0.2, 0.25) is 0 Å². The average Bonchev–Trinajstić information content (AvgIpc) is 2.73. The maximum atomic E-state index is 13.0. The van der Waals surface area contributed by atoms with E-state index < -0.39 is 21.8 Å². The largest absolute Gasteiger partial charge is 0.416 e. The van der Waals surface area contributed by atoms with Gasteiger partial charge in [-0.2, -0.15) is 17.5 Å². The number of sulfonamides is 1. The van der Waals surface area contributed by atoms with Gasteiger partial charge in [0.2, 0.25) is 10.0 Å². The first kappa shape index (κ1) is 23.0. The number of carbonyl (C=O) groups excluding carboxylic acids is 1. The van der Waals surface area contributed by atoms with Crippen molar-refractivity contribution in [2.75, 3.05) is 26.2 Å². The molecule has 6 nitrogen and oxygen atoms in total. The highest BCUT2D eigenvalue weighted by Crippen LogP contribution is 2.30. The van der Waals surface area contributed by atoms with E-state index in [2.05, 4.69) is 5.32 Å². The van der Waals surface area contributed by atoms with Gasteiger partial charge in [0.15, 0.2) is 0 Å². The van der Waals surface area contributed by atoms with E-state index in [1.165, 1.54) is 17.0 Å². The van der Waals surface area contributed by atoms with E-state index in [0.29, 0.717) is 0 Å². The number of nitrogens with one attached hydrogen (secondary N) is 1. The molecule has 0 bridgehead atoms. The standard InChI is InChI=1S/C20H21F4N3O3S/c1-14(15-2-6-17(21)7-3-15)25-19(28)26-10-12-27(13-11-26)31(29,30)18-8-4-16(5-9-18)20(22,23)24/h2-9,14H,10-13H2,1H3,(H,25,28). The summed E-state index contributed by atoms with van der Waals surface area (Å²) in [6.45, 7) is 2.03. The summed E-state index contributed by atoms with van der Waals surface area (Å²) in [5, 5.41) is 2.78. The quantitative estimate of drug-likeness (QED) is 0.710. The van der Waals surface area contributed by atoms with Crippen molar-refractivity contribution in [1.29, 1.82) is 0 Å². The number of rotatable bonds is 4. The summed E-state index contributed by atoms with van der Waals surface area (Å²) in [5.74, 6) is -0.382. The molecule has 1 heterocycles. The second-order valence-electron chi connectivity index (χ2n) is 7.14. The zero-order valence-electron chi connectivity index (χ0n) is 16.6. The zero-order chi connectivity index (χ0) is 22.8. The summed E-state index contributed by atoms with van der Waals surface area (Å²) >= 11 is 0. The molecule has 168 valence electrons. The van der Waals surface area contributed by atoms with Gasteiger partial charge in [0, 0.05) is 26.2 Å². The Labute approximate surface area is 177 Å². The molecular weight excluding hydrogens is 438 g/mol. The number of amides is 2. The molecule has 3 rings (SSSR count). The van der Waals surface area contributed by atoms with Crippen LogP contribution in [0, 0.1) is 5.82 Å². The van der Waals surface area contributed by atoms with Crippen LogP contribution in [0.3, 0.4) is 0 Å². The van der Waals surface area contributed by atoms with E-state index in [9.17, 15) is 30.8 Å². The lowest BCUT2D eigenvalue weighted by Gasteiger charge is -2.34. The molecule has 1 saturated heterocycles. The van der Waals surface area contributed by atoms with E-state index in [1.807, 2.05) is 0 Å². The summed E-state index contributed by atoms with van der Waals surface area (Å²) in [4.78, 5) is 13.7. The summed E-state index contributed by atoms with van der Waals surface area (Å²) in [7, 11) is -3.97. The lowest BCUT2D eigenvalue weighted by molar-refractivity contribution is -0.137. The molecule has 0 saturated carbocycles. The Morgan fingerprint density at radius 2 is 1.52 bits per heavy atom. The lowest BCUT2D eigenvalue weighted by Crippen LogP contribution is -2.53. The topological polar surface area (TPSA) is 69.7 Å². The van der Waals surface area contributed by atoms with Crippen molar-refractivity contribution < 1.29 is 30.8 Å². The van der Waals surface area contributed by atoms with E-state index in [1.54, 1.807) is 19.1 Å². The first-order valence-electron chi connectivity index (χ1n) is 9.47. The summed E-state index contributed by atoms with van der Waals surface area (Å²) in [5.41, 5.74) is -0.207. The highest BCUT2D eigenvalue weighted by atomic mass is 32.2. The predicted molar refractivity (Wildman–Crippen MR) is 105 cm³/mol. The number of halogens is 4. The summed E-state index contributed by atoms with van der Waals surface area (Å²) in [6, 6.07) is 8.28. The minimum atomic E-state index is -4.55. The third kappa shape index (κ3) is 5.34. The second kappa shape index (κ2) is 8.83. The molecule has 1 atom stereocenters. The number of hydrogen-bond donors (Lipinski definition) is 1. The van der Waals surface area contributed by atoms with Crippen molar-refractivity contribution in [1.82, 2.24) is 14.5 Å². The maximum absolute atomic E-state index is 13.0. The fourth-order valence-electron chi connectivity index (χ4n) is 3.21. The van der Waals surface area contributed by atoms with E-state index >= 15 is 0 Å². The Kier molecular flexibility index (Phi) is 6.56. The SMILES string of the molecule is CC(NC(=O)N1CCN(S(=O)(=O)c2ccc(C(F)(F)F)cc2)CC1)c1ccc(F)cc1. The van der Waals surface area contributed by atoms with Crippen LogP contribution >= 0.6 is 0 Å². The molecule has 2 aromatic rings. The average molecular weight is 459 g/mol. The molecule has 2 amide bonds. The van der Waals surface area contributed by atoms with E-state index in [0.717, 1.165) is 34.1 Å². The summed E-state index contributed by atoms with van der Waals surface area (Å²) in [6.07, 6.45) is -4.55. The molecule has 0 aromatic heterocycles. The number of piperazine rings is 1. The molecule has 1 N–H and O–H groups in total. The Morgan fingerprint density at radius 1 is 0.968 bits per heavy atom. The van der Waals surface area contributed by atoms with Gasteiger partial charge in [-0.15, -0.1) is 0 Å². The molecule has 1 fully saturated rings. The Bertz CT molecular complexity index is 1020. The fraction of sp³-hybridized carbons (Fsp3) is 0.350. The number of nitrogens with zero attached hydrogens (tertiary/aromatic N) is 2. The molecule has 0 aliphatic carbocycles. The first-order chi connectivity index (χ1) is 14.5. The highest BCUT2D eigenvalue weighted by molar-refractivity contribution is 7.89. The van der Waals surface area contributed by atoms with Crippen LogP contribution < -0.4 is 5.32 Å². The predicted octanol–water partition coefficient (Wildman–Crippen LogP) is 3.62. The van der Waals surface area contributed by atoms with Crippen molar-refractivity contribution in [3.05, 3.63) is 65.5 Å². The van der Waals surface area contributed by atoms with Gasteiger partial charge < -0.3 is 10.2 Å². The minimum Gasteiger partial charge on any atom is -0.331 e. The smallest absolute Gasteiger partial charge is 0.331 e. The third-order valence-corrected chi connectivity index (χ3v) is 6.97. The van der Waals surface area contributed by atoms with Crippen LogP contribution in [0.15, 0.2) is 53.4 Å². The molecule has 2 aromatic carbocycles. The highest BCUT2D eigenvalue weighted by Gasteiger charge is 2.33. The van der Waals surface area contributed by atoms with Crippen LogP contribution in [0.1, 0.15) is 24.1 Å². The van der Waals surface area contributed by atoms with Crippen molar-refractivity contribution in [3.8, 4) is 0 Å². The Hall–Kier alpha value is -2.66. The molecule has 11 heteroatoms. The Morgan fingerprint density at radius 3 is 2.03 bits per heavy atom. The van der Waals surface area contributed by atoms with E-state index in [4.69, 9.17) is 0 Å². The van der Waals surface area contributed by atoms with Crippen molar-refractivity contribution >= 4 is 16.1 Å². The summed E-state index contributed by atoms with van der Waals surface area (Å²) < 4.78 is 77.7. The van der Waals surface area contributed by atoms with Crippen LogP contribution in [0.25, 0.3) is 0 Å². The lowest BCUT2D eigenvalue weighted by atomic mass is 10.1. The zero-order valence-corrected chi connectivity index (χ0v) is 17.4. The molecule has 1 aliphatic heterocycles. The minimum absolute atomic E-state index is 0.0156. The molecule has 1 aliphatic rings. The van der Waals surface area contributed by atoms with Crippen molar-refractivity contribution in [2.24, 2.45) is 0 Å². The van der Waals surface area contributed by atoms with Gasteiger partial charge in [-0.3, -0.25) is 0 Å². The van der Waals surface area contributed by atoms with Crippen LogP contribution in [-0.4, -0.2) is 49.8 Å². The number of alkyl halides is 3. The fourth-order valence-corrected chi connectivity index (χ4v) is 4.63. The Balaban J connectivity index is 1.59. The van der Waals surface area contributed by atoms with Crippen LogP contribution in [-0.2, 0) is 16.2 Å². The first-order valence-corrected chi connectivity index (χ1v) is 10.9. The monoisotopic (exact) mass is 459 g/mol. The van der Waals surface area contributed by atoms with Gasteiger partial charge >= 0.3 is 12.2 Å². The van der Waals surface area contributed by atoms with Gasteiger partial charge in [0.25, 0.3) is 0 Å². The van der Waals surface area contributed by atoms with E-state index in [-0.39, 0.29) is 49.0 Å². The molecule has 0 spiro atoms. The van der Waals surface area contributed by atoms with Gasteiger partial charge in [0.1, 0.15) is 5.82 Å². The number of benzene rings is 2. The maximum Gasteiger partial charge on any atom is 0.416 e. The van der Waals surface area contributed by atoms with Gasteiger partial charge in [-0.05, 0) is 48.9 Å². The number of hydrogen-bond acceptors (Lipinski definition) is 3. The third-order valence-electron chi connectivity index (χ3n) is 5.06. The van der Waals surface area contributed by atoms with Gasteiger partial charge in [0.05, 0.1) is 16.5 Å². The second-order valence-corrected chi connectivity index (χ2v) is 9.07. The molecule has 31 heavy (non-hydrogen) atoms. The van der Waals surface area contributed by atoms with Gasteiger partial charge in [-0.1, -0.05) is 12.1 Å². The molecule has 0 radical (unpaired) electrons. The van der Waals surface area contributed by atoms with Gasteiger partial charge in [-0.25, -0.2) is 17.6 Å². The number of urea groups is 1. The van der Waals surface area contributed by atoms with Crippen molar-refractivity contribution in [3.63, 3.8) is 0 Å².